The second kappa shape index (κ2) is 7.03. The number of hydrogen-bond acceptors (Lipinski definition) is 3. The Labute approximate surface area is 118 Å². The SMILES string of the molecule is CC(=O)c1ccc(OCC(=O)NC(C)C(C)C)c(F)c1. The van der Waals surface area contributed by atoms with E-state index in [0.717, 1.165) is 6.07 Å². The molecule has 0 heterocycles. The summed E-state index contributed by atoms with van der Waals surface area (Å²) < 4.78 is 18.8. The van der Waals surface area contributed by atoms with Gasteiger partial charge in [0.15, 0.2) is 24.0 Å². The molecule has 5 heteroatoms. The van der Waals surface area contributed by atoms with Crippen molar-refractivity contribution in [3.05, 3.63) is 29.6 Å². The third-order valence-electron chi connectivity index (χ3n) is 3.09. The zero-order valence-electron chi connectivity index (χ0n) is 12.2. The molecule has 1 aromatic carbocycles. The van der Waals surface area contributed by atoms with Crippen molar-refractivity contribution in [3.63, 3.8) is 0 Å². The van der Waals surface area contributed by atoms with Gasteiger partial charge in [0.25, 0.3) is 5.91 Å². The molecule has 1 amide bonds. The van der Waals surface area contributed by atoms with Gasteiger partial charge in [0.2, 0.25) is 0 Å². The van der Waals surface area contributed by atoms with Crippen LogP contribution in [0.4, 0.5) is 4.39 Å². The van der Waals surface area contributed by atoms with Crippen molar-refractivity contribution in [3.8, 4) is 5.75 Å². The van der Waals surface area contributed by atoms with Gasteiger partial charge in [-0.2, -0.15) is 0 Å². The second-order valence-electron chi connectivity index (χ2n) is 5.09. The zero-order chi connectivity index (χ0) is 15.3. The number of halogens is 1. The lowest BCUT2D eigenvalue weighted by Gasteiger charge is -2.17. The summed E-state index contributed by atoms with van der Waals surface area (Å²) in [5, 5.41) is 2.76. The number of hydrogen-bond donors (Lipinski definition) is 1. The number of carbonyl (C=O) groups excluding carboxylic acids is 2. The lowest BCUT2D eigenvalue weighted by atomic mass is 10.1. The average molecular weight is 281 g/mol. The summed E-state index contributed by atoms with van der Waals surface area (Å²) in [5.74, 6) is -0.907. The highest BCUT2D eigenvalue weighted by Crippen LogP contribution is 2.18. The number of nitrogens with one attached hydrogen (secondary N) is 1. The van der Waals surface area contributed by atoms with Crippen LogP contribution < -0.4 is 10.1 Å². The molecule has 110 valence electrons. The molecule has 0 saturated carbocycles. The second-order valence-corrected chi connectivity index (χ2v) is 5.09. The van der Waals surface area contributed by atoms with Crippen molar-refractivity contribution in [2.45, 2.75) is 33.7 Å². The predicted molar refractivity (Wildman–Crippen MR) is 74.3 cm³/mol. The summed E-state index contributed by atoms with van der Waals surface area (Å²) in [7, 11) is 0. The molecule has 1 unspecified atom stereocenters. The zero-order valence-corrected chi connectivity index (χ0v) is 12.2. The number of rotatable bonds is 6. The summed E-state index contributed by atoms with van der Waals surface area (Å²) in [6.45, 7) is 6.98. The lowest BCUT2D eigenvalue weighted by molar-refractivity contribution is -0.124. The van der Waals surface area contributed by atoms with Crippen molar-refractivity contribution in [2.75, 3.05) is 6.61 Å². The fraction of sp³-hybridized carbons (Fsp3) is 0.467. The first-order chi connectivity index (χ1) is 9.31. The molecule has 20 heavy (non-hydrogen) atoms. The van der Waals surface area contributed by atoms with Crippen LogP contribution in [0, 0.1) is 11.7 Å². The van der Waals surface area contributed by atoms with E-state index in [-0.39, 0.29) is 35.7 Å². The van der Waals surface area contributed by atoms with E-state index in [1.807, 2.05) is 20.8 Å². The Bertz CT molecular complexity index is 500. The molecule has 0 bridgehead atoms. The Kier molecular flexibility index (Phi) is 5.67. The third-order valence-corrected chi connectivity index (χ3v) is 3.09. The molecule has 0 aliphatic rings. The maximum absolute atomic E-state index is 13.6. The minimum Gasteiger partial charge on any atom is -0.481 e. The Balaban J connectivity index is 2.58. The van der Waals surface area contributed by atoms with Gasteiger partial charge in [-0.25, -0.2) is 4.39 Å². The van der Waals surface area contributed by atoms with Gasteiger partial charge >= 0.3 is 0 Å². The first-order valence-electron chi connectivity index (χ1n) is 6.54. The molecule has 0 aliphatic carbocycles. The van der Waals surface area contributed by atoms with Crippen molar-refractivity contribution < 1.29 is 18.7 Å². The van der Waals surface area contributed by atoms with Gasteiger partial charge in [-0.05, 0) is 38.0 Å². The highest BCUT2D eigenvalue weighted by molar-refractivity contribution is 5.94. The molecule has 4 nitrogen and oxygen atoms in total. The van der Waals surface area contributed by atoms with Crippen LogP contribution in [0.3, 0.4) is 0 Å². The molecule has 0 fully saturated rings. The molecule has 1 aromatic rings. The van der Waals surface area contributed by atoms with Crippen LogP contribution in [-0.4, -0.2) is 24.3 Å². The summed E-state index contributed by atoms with van der Waals surface area (Å²) in [5.41, 5.74) is 0.271. The minimum absolute atomic E-state index is 0.0241. The summed E-state index contributed by atoms with van der Waals surface area (Å²) in [6.07, 6.45) is 0. The maximum atomic E-state index is 13.6. The fourth-order valence-electron chi connectivity index (χ4n) is 1.44. The molecule has 0 radical (unpaired) electrons. The highest BCUT2D eigenvalue weighted by atomic mass is 19.1. The van der Waals surface area contributed by atoms with E-state index < -0.39 is 5.82 Å². The van der Waals surface area contributed by atoms with Gasteiger partial charge in [-0.3, -0.25) is 9.59 Å². The van der Waals surface area contributed by atoms with Crippen LogP contribution in [-0.2, 0) is 4.79 Å². The summed E-state index contributed by atoms with van der Waals surface area (Å²) in [4.78, 5) is 22.7. The van der Waals surface area contributed by atoms with Gasteiger partial charge in [0.05, 0.1) is 0 Å². The van der Waals surface area contributed by atoms with E-state index in [2.05, 4.69) is 5.32 Å². The summed E-state index contributed by atoms with van der Waals surface area (Å²) >= 11 is 0. The van der Waals surface area contributed by atoms with Crippen LogP contribution in [0.5, 0.6) is 5.75 Å². The van der Waals surface area contributed by atoms with Gasteiger partial charge in [0.1, 0.15) is 0 Å². The molecule has 0 saturated heterocycles. The number of ketones is 1. The van der Waals surface area contributed by atoms with E-state index in [0.29, 0.717) is 5.92 Å². The lowest BCUT2D eigenvalue weighted by Crippen LogP contribution is -2.39. The van der Waals surface area contributed by atoms with Gasteiger partial charge in [-0.15, -0.1) is 0 Å². The van der Waals surface area contributed by atoms with E-state index in [4.69, 9.17) is 4.74 Å². The molecule has 1 rings (SSSR count). The van der Waals surface area contributed by atoms with Crippen LogP contribution in [0.25, 0.3) is 0 Å². The van der Waals surface area contributed by atoms with Gasteiger partial charge in [-0.1, -0.05) is 13.8 Å². The Morgan fingerprint density at radius 3 is 2.45 bits per heavy atom. The van der Waals surface area contributed by atoms with E-state index in [1.54, 1.807) is 0 Å². The molecular weight excluding hydrogens is 261 g/mol. The molecule has 0 spiro atoms. The molecule has 0 aliphatic heterocycles. The standard InChI is InChI=1S/C15H20FNO3/c1-9(2)10(3)17-15(19)8-20-14-6-5-12(11(4)18)7-13(14)16/h5-7,9-10H,8H2,1-4H3,(H,17,19). The van der Waals surface area contributed by atoms with Crippen molar-refractivity contribution in [1.29, 1.82) is 0 Å². The number of benzene rings is 1. The van der Waals surface area contributed by atoms with E-state index in [1.165, 1.54) is 19.1 Å². The highest BCUT2D eigenvalue weighted by Gasteiger charge is 2.13. The van der Waals surface area contributed by atoms with Crippen LogP contribution in [0.15, 0.2) is 18.2 Å². The van der Waals surface area contributed by atoms with Crippen LogP contribution in [0.2, 0.25) is 0 Å². The normalized spacial score (nSPS) is 12.1. The van der Waals surface area contributed by atoms with Crippen molar-refractivity contribution >= 4 is 11.7 Å². The quantitative estimate of drug-likeness (QED) is 0.815. The largest absolute Gasteiger partial charge is 0.481 e. The Morgan fingerprint density at radius 2 is 1.95 bits per heavy atom. The van der Waals surface area contributed by atoms with Crippen molar-refractivity contribution in [1.82, 2.24) is 5.32 Å². The number of carbonyl (C=O) groups is 2. The minimum atomic E-state index is -0.651. The van der Waals surface area contributed by atoms with Crippen LogP contribution in [0.1, 0.15) is 38.1 Å². The van der Waals surface area contributed by atoms with Gasteiger partial charge < -0.3 is 10.1 Å². The first-order valence-corrected chi connectivity index (χ1v) is 6.54. The van der Waals surface area contributed by atoms with E-state index in [9.17, 15) is 14.0 Å². The average Bonchev–Trinajstić information content (AvgIpc) is 2.36. The van der Waals surface area contributed by atoms with E-state index >= 15 is 0 Å². The smallest absolute Gasteiger partial charge is 0.258 e. The molecule has 0 aromatic heterocycles. The summed E-state index contributed by atoms with van der Waals surface area (Å²) in [6, 6.07) is 3.95. The topological polar surface area (TPSA) is 55.4 Å². The number of ether oxygens (including phenoxy) is 1. The number of Topliss-reactive ketones (excluding diaryl/α,β-unsaturated/α-hetero) is 1. The van der Waals surface area contributed by atoms with Crippen molar-refractivity contribution in [2.24, 2.45) is 5.92 Å². The van der Waals surface area contributed by atoms with Gasteiger partial charge in [0, 0.05) is 11.6 Å². The Morgan fingerprint density at radius 1 is 1.30 bits per heavy atom. The molecule has 1 N–H and O–H groups in total. The first kappa shape index (κ1) is 16.1. The number of amides is 1. The fourth-order valence-corrected chi connectivity index (χ4v) is 1.44. The third kappa shape index (κ3) is 4.64. The maximum Gasteiger partial charge on any atom is 0.258 e. The van der Waals surface area contributed by atoms with Crippen LogP contribution >= 0.6 is 0 Å². The molecular formula is C15H20FNO3. The monoisotopic (exact) mass is 281 g/mol. The predicted octanol–water partition coefficient (Wildman–Crippen LogP) is 2.57. The Hall–Kier alpha value is -1.91. The molecule has 1 atom stereocenters.